The number of benzene rings is 3. The molecule has 0 saturated heterocycles. The second-order valence-corrected chi connectivity index (χ2v) is 10.8. The fourth-order valence-electron chi connectivity index (χ4n) is 3.17. The molecule has 6 nitrogen and oxygen atoms in total. The maximum Gasteiger partial charge on any atom is 0.264 e. The number of ether oxygens (including phenoxy) is 1. The first-order chi connectivity index (χ1) is 16.4. The lowest BCUT2D eigenvalue weighted by Gasteiger charge is -2.24. The summed E-state index contributed by atoms with van der Waals surface area (Å²) in [6.07, 6.45) is 0.783. The lowest BCUT2D eigenvalue weighted by atomic mass is 10.2. The Morgan fingerprint density at radius 3 is 2.44 bits per heavy atom. The van der Waals surface area contributed by atoms with Crippen molar-refractivity contribution in [1.82, 2.24) is 5.32 Å². The molecular weight excluding hydrogens is 492 g/mol. The number of nitrogens with one attached hydrogen (secondary N) is 1. The molecule has 0 radical (unpaired) electrons. The van der Waals surface area contributed by atoms with Crippen molar-refractivity contribution < 1.29 is 17.9 Å². The third-order valence-corrected chi connectivity index (χ3v) is 8.07. The number of halogens is 1. The zero-order chi connectivity index (χ0) is 24.4. The van der Waals surface area contributed by atoms with Gasteiger partial charge in [-0.2, -0.15) is 11.8 Å². The molecule has 0 spiro atoms. The van der Waals surface area contributed by atoms with Crippen molar-refractivity contribution in [1.29, 1.82) is 0 Å². The summed E-state index contributed by atoms with van der Waals surface area (Å²) in [7, 11) is -2.50. The molecular formula is C25H27ClN2O4S2. The van der Waals surface area contributed by atoms with Gasteiger partial charge >= 0.3 is 0 Å². The van der Waals surface area contributed by atoms with Gasteiger partial charge in [0.2, 0.25) is 5.91 Å². The van der Waals surface area contributed by atoms with Crippen molar-refractivity contribution in [3.8, 4) is 5.75 Å². The Hall–Kier alpha value is -2.68. The van der Waals surface area contributed by atoms with Crippen LogP contribution in [0.1, 0.15) is 12.0 Å². The van der Waals surface area contributed by atoms with E-state index in [0.29, 0.717) is 23.0 Å². The van der Waals surface area contributed by atoms with Crippen LogP contribution in [0.5, 0.6) is 5.75 Å². The van der Waals surface area contributed by atoms with E-state index >= 15 is 0 Å². The van der Waals surface area contributed by atoms with Crippen LogP contribution in [0.15, 0.2) is 83.8 Å². The van der Waals surface area contributed by atoms with Gasteiger partial charge in [0.25, 0.3) is 10.0 Å². The highest BCUT2D eigenvalue weighted by molar-refractivity contribution is 7.98. The molecule has 0 atom stereocenters. The Labute approximate surface area is 210 Å². The lowest BCUT2D eigenvalue weighted by molar-refractivity contribution is -0.119. The minimum Gasteiger partial charge on any atom is -0.497 e. The van der Waals surface area contributed by atoms with Gasteiger partial charge in [-0.1, -0.05) is 48.0 Å². The maximum absolute atomic E-state index is 13.4. The first-order valence-corrected chi connectivity index (χ1v) is 13.7. The van der Waals surface area contributed by atoms with Crippen LogP contribution < -0.4 is 14.4 Å². The zero-order valence-corrected chi connectivity index (χ0v) is 21.2. The molecule has 3 aromatic rings. The molecule has 1 amide bonds. The third-order valence-electron chi connectivity index (χ3n) is 4.93. The van der Waals surface area contributed by atoms with E-state index in [-0.39, 0.29) is 17.3 Å². The smallest absolute Gasteiger partial charge is 0.264 e. The number of methoxy groups -OCH3 is 1. The third kappa shape index (κ3) is 7.41. The van der Waals surface area contributed by atoms with Crippen molar-refractivity contribution in [3.05, 3.63) is 89.4 Å². The fraction of sp³-hybridized carbons (Fsp3) is 0.240. The number of sulfonamides is 1. The van der Waals surface area contributed by atoms with Crippen LogP contribution in [0, 0.1) is 0 Å². The van der Waals surface area contributed by atoms with Gasteiger partial charge < -0.3 is 10.1 Å². The van der Waals surface area contributed by atoms with Crippen LogP contribution in [-0.2, 0) is 20.6 Å². The SMILES string of the molecule is COc1ccc(S(=O)(=O)N(CC(=O)NCCCSCc2ccccc2)c2cccc(Cl)c2)cc1. The summed E-state index contributed by atoms with van der Waals surface area (Å²) < 4.78 is 33.0. The van der Waals surface area contributed by atoms with E-state index in [4.69, 9.17) is 16.3 Å². The molecule has 0 aliphatic carbocycles. The standard InChI is InChI=1S/C25H27ClN2O4S2/c1-32-23-11-13-24(14-12-23)34(30,31)28(22-10-5-9-21(26)17-22)18-25(29)27-15-6-16-33-19-20-7-3-2-4-8-20/h2-5,7-14,17H,6,15-16,18-19H2,1H3,(H,27,29). The summed E-state index contributed by atoms with van der Waals surface area (Å²) in [5.41, 5.74) is 1.58. The average molecular weight is 519 g/mol. The Balaban J connectivity index is 1.61. The Kier molecular flexibility index (Phi) is 9.68. The van der Waals surface area contributed by atoms with Crippen molar-refractivity contribution in [2.45, 2.75) is 17.1 Å². The molecule has 0 unspecified atom stereocenters. The molecule has 0 aliphatic rings. The number of thioether (sulfide) groups is 1. The molecule has 180 valence electrons. The van der Waals surface area contributed by atoms with Crippen LogP contribution >= 0.6 is 23.4 Å². The topological polar surface area (TPSA) is 75.7 Å². The van der Waals surface area contributed by atoms with Crippen molar-refractivity contribution >= 4 is 45.0 Å². The normalized spacial score (nSPS) is 11.1. The number of nitrogens with zero attached hydrogens (tertiary/aromatic N) is 1. The number of hydrogen-bond acceptors (Lipinski definition) is 5. The van der Waals surface area contributed by atoms with Gasteiger partial charge in [0.1, 0.15) is 12.3 Å². The molecule has 0 bridgehead atoms. The number of carbonyl (C=O) groups excluding carboxylic acids is 1. The second-order valence-electron chi connectivity index (χ2n) is 7.41. The van der Waals surface area contributed by atoms with Gasteiger partial charge in [-0.15, -0.1) is 0 Å². The van der Waals surface area contributed by atoms with E-state index < -0.39 is 10.0 Å². The molecule has 3 rings (SSSR count). The van der Waals surface area contributed by atoms with Crippen molar-refractivity contribution in [3.63, 3.8) is 0 Å². The summed E-state index contributed by atoms with van der Waals surface area (Å²) in [5, 5.41) is 3.20. The molecule has 0 aliphatic heterocycles. The summed E-state index contributed by atoms with van der Waals surface area (Å²) in [6, 6.07) is 22.7. The van der Waals surface area contributed by atoms with Gasteiger partial charge in [-0.25, -0.2) is 8.42 Å². The Morgan fingerprint density at radius 2 is 1.76 bits per heavy atom. The zero-order valence-electron chi connectivity index (χ0n) is 18.8. The van der Waals surface area contributed by atoms with Crippen molar-refractivity contribution in [2.24, 2.45) is 0 Å². The highest BCUT2D eigenvalue weighted by Gasteiger charge is 2.27. The fourth-order valence-corrected chi connectivity index (χ4v) is 5.69. The molecule has 9 heteroatoms. The van der Waals surface area contributed by atoms with Crippen LogP contribution in [0.3, 0.4) is 0 Å². The predicted molar refractivity (Wildman–Crippen MR) is 139 cm³/mol. The van der Waals surface area contributed by atoms with Gasteiger partial charge in [0.05, 0.1) is 17.7 Å². The molecule has 0 saturated carbocycles. The largest absolute Gasteiger partial charge is 0.497 e. The van der Waals surface area contributed by atoms with E-state index in [1.807, 2.05) is 18.2 Å². The monoisotopic (exact) mass is 518 g/mol. The molecule has 34 heavy (non-hydrogen) atoms. The van der Waals surface area contributed by atoms with E-state index in [1.165, 1.54) is 30.9 Å². The lowest BCUT2D eigenvalue weighted by Crippen LogP contribution is -2.41. The Morgan fingerprint density at radius 1 is 1.03 bits per heavy atom. The first-order valence-electron chi connectivity index (χ1n) is 10.7. The van der Waals surface area contributed by atoms with Crippen LogP contribution in [0.2, 0.25) is 5.02 Å². The molecule has 0 heterocycles. The average Bonchev–Trinajstić information content (AvgIpc) is 2.85. The summed E-state index contributed by atoms with van der Waals surface area (Å²) >= 11 is 7.89. The second kappa shape index (κ2) is 12.7. The highest BCUT2D eigenvalue weighted by Crippen LogP contribution is 2.27. The number of rotatable bonds is 12. The van der Waals surface area contributed by atoms with E-state index in [0.717, 1.165) is 22.2 Å². The van der Waals surface area contributed by atoms with Crippen molar-refractivity contribution in [2.75, 3.05) is 30.3 Å². The number of carbonyl (C=O) groups is 1. The van der Waals surface area contributed by atoms with E-state index in [1.54, 1.807) is 42.1 Å². The van der Waals surface area contributed by atoms with Gasteiger partial charge in [0, 0.05) is 17.3 Å². The summed E-state index contributed by atoms with van der Waals surface area (Å²) in [6.45, 7) is 0.110. The predicted octanol–water partition coefficient (Wildman–Crippen LogP) is 4.98. The molecule has 3 aromatic carbocycles. The number of amides is 1. The van der Waals surface area contributed by atoms with E-state index in [9.17, 15) is 13.2 Å². The maximum atomic E-state index is 13.4. The number of anilines is 1. The number of hydrogen-bond donors (Lipinski definition) is 1. The van der Waals surface area contributed by atoms with Crippen LogP contribution in [-0.4, -0.2) is 40.3 Å². The quantitative estimate of drug-likeness (QED) is 0.342. The Bertz CT molecular complexity index is 1170. The highest BCUT2D eigenvalue weighted by atomic mass is 35.5. The molecule has 1 N–H and O–H groups in total. The molecule has 0 fully saturated rings. The molecule has 0 aromatic heterocycles. The first kappa shape index (κ1) is 25.9. The van der Waals surface area contributed by atoms with Gasteiger partial charge in [-0.05, 0) is 60.2 Å². The van der Waals surface area contributed by atoms with Gasteiger partial charge in [-0.3, -0.25) is 9.10 Å². The van der Waals surface area contributed by atoms with E-state index in [2.05, 4.69) is 17.4 Å². The van der Waals surface area contributed by atoms with Crippen LogP contribution in [0.25, 0.3) is 0 Å². The van der Waals surface area contributed by atoms with Gasteiger partial charge in [0.15, 0.2) is 0 Å². The minimum absolute atomic E-state index is 0.0541. The summed E-state index contributed by atoms with van der Waals surface area (Å²) in [5.74, 6) is 1.95. The summed E-state index contributed by atoms with van der Waals surface area (Å²) in [4.78, 5) is 12.7. The minimum atomic E-state index is -4.01. The van der Waals surface area contributed by atoms with Crippen LogP contribution in [0.4, 0.5) is 5.69 Å².